The lowest BCUT2D eigenvalue weighted by Crippen LogP contribution is -2.44. The molecule has 0 spiro atoms. The van der Waals surface area contributed by atoms with Crippen molar-refractivity contribution in [2.45, 2.75) is 31.2 Å². The van der Waals surface area contributed by atoms with Gasteiger partial charge in [0.05, 0.1) is 4.90 Å². The highest BCUT2D eigenvalue weighted by Crippen LogP contribution is 2.22. The number of sulfonamides is 1. The summed E-state index contributed by atoms with van der Waals surface area (Å²) in [5.74, 6) is 0. The molecule has 0 heterocycles. The predicted molar refractivity (Wildman–Crippen MR) is 86.1 cm³/mol. The molecule has 2 aromatic carbocycles. The summed E-state index contributed by atoms with van der Waals surface area (Å²) in [6.45, 7) is 5.36. The molecule has 0 saturated heterocycles. The molecule has 1 unspecified atom stereocenters. The van der Waals surface area contributed by atoms with Crippen LogP contribution >= 0.6 is 0 Å². The molecular formula is C17H19NO3S. The highest BCUT2D eigenvalue weighted by atomic mass is 32.2. The number of hydrogen-bond donors (Lipinski definition) is 1. The van der Waals surface area contributed by atoms with Gasteiger partial charge in [0, 0.05) is 0 Å². The Morgan fingerprint density at radius 1 is 0.909 bits per heavy atom. The van der Waals surface area contributed by atoms with E-state index in [4.69, 9.17) is 0 Å². The minimum Gasteiger partial charge on any atom is -0.301 e. The highest BCUT2D eigenvalue weighted by molar-refractivity contribution is 7.89. The molecule has 0 amide bonds. The Labute approximate surface area is 131 Å². The third-order valence-electron chi connectivity index (χ3n) is 3.56. The highest BCUT2D eigenvalue weighted by Gasteiger charge is 2.32. The molecule has 1 N–H and O–H groups in total. The van der Waals surface area contributed by atoms with Crippen molar-refractivity contribution in [3.05, 3.63) is 65.2 Å². The summed E-state index contributed by atoms with van der Waals surface area (Å²) in [4.78, 5) is 11.7. The molecule has 116 valence electrons. The maximum atomic E-state index is 12.5. The number of benzene rings is 2. The Bertz CT molecular complexity index is 765. The summed E-state index contributed by atoms with van der Waals surface area (Å²) in [6, 6.07) is 13.7. The van der Waals surface area contributed by atoms with Gasteiger partial charge in [0.1, 0.15) is 11.8 Å². The normalized spacial score (nSPS) is 14.3. The van der Waals surface area contributed by atoms with Crippen molar-refractivity contribution < 1.29 is 13.2 Å². The van der Waals surface area contributed by atoms with Gasteiger partial charge in [-0.15, -0.1) is 0 Å². The number of rotatable bonds is 5. The van der Waals surface area contributed by atoms with Gasteiger partial charge in [0.2, 0.25) is 10.0 Å². The Hall–Kier alpha value is -1.98. The van der Waals surface area contributed by atoms with Crippen LogP contribution in [0.15, 0.2) is 53.4 Å². The fourth-order valence-electron chi connectivity index (χ4n) is 2.11. The molecule has 0 bridgehead atoms. The van der Waals surface area contributed by atoms with Crippen molar-refractivity contribution in [2.24, 2.45) is 0 Å². The van der Waals surface area contributed by atoms with Crippen LogP contribution in [-0.2, 0) is 20.4 Å². The first-order valence-corrected chi connectivity index (χ1v) is 8.39. The van der Waals surface area contributed by atoms with Crippen molar-refractivity contribution >= 4 is 16.3 Å². The van der Waals surface area contributed by atoms with Crippen LogP contribution in [0.5, 0.6) is 0 Å². The van der Waals surface area contributed by atoms with Crippen LogP contribution < -0.4 is 4.72 Å². The van der Waals surface area contributed by atoms with Crippen molar-refractivity contribution in [1.82, 2.24) is 4.72 Å². The second kappa shape index (κ2) is 6.02. The van der Waals surface area contributed by atoms with Gasteiger partial charge in [0.15, 0.2) is 0 Å². The number of carbonyl (C=O) groups is 1. The Kier molecular flexibility index (Phi) is 4.49. The molecule has 0 radical (unpaired) electrons. The second-order valence-corrected chi connectivity index (χ2v) is 7.29. The number of aryl methyl sites for hydroxylation is 2. The smallest absolute Gasteiger partial charge is 0.241 e. The average molecular weight is 317 g/mol. The molecule has 2 aromatic rings. The molecule has 22 heavy (non-hydrogen) atoms. The van der Waals surface area contributed by atoms with Gasteiger partial charge in [-0.3, -0.25) is 0 Å². The lowest BCUT2D eigenvalue weighted by molar-refractivity contribution is -0.112. The molecule has 4 nitrogen and oxygen atoms in total. The predicted octanol–water partition coefficient (Wildman–Crippen LogP) is 2.70. The zero-order valence-corrected chi connectivity index (χ0v) is 13.6. The SMILES string of the molecule is Cc1ccc(C(C)(C=O)NS(=O)(=O)c2ccc(C)cc2)cc1. The number of hydrogen-bond acceptors (Lipinski definition) is 3. The van der Waals surface area contributed by atoms with E-state index in [1.165, 1.54) is 12.1 Å². The van der Waals surface area contributed by atoms with Crippen LogP contribution in [0.2, 0.25) is 0 Å². The second-order valence-electron chi connectivity index (χ2n) is 5.60. The first-order chi connectivity index (χ1) is 10.3. The van der Waals surface area contributed by atoms with Crippen LogP contribution in [-0.4, -0.2) is 14.7 Å². The molecule has 2 rings (SSSR count). The van der Waals surface area contributed by atoms with Crippen LogP contribution in [0.4, 0.5) is 0 Å². The third kappa shape index (κ3) is 3.43. The lowest BCUT2D eigenvalue weighted by Gasteiger charge is -2.25. The Morgan fingerprint density at radius 2 is 1.36 bits per heavy atom. The van der Waals surface area contributed by atoms with Crippen molar-refractivity contribution in [3.8, 4) is 0 Å². The summed E-state index contributed by atoms with van der Waals surface area (Å²) in [6.07, 6.45) is 0.614. The Morgan fingerprint density at radius 3 is 1.82 bits per heavy atom. The van der Waals surface area contributed by atoms with Gasteiger partial charge >= 0.3 is 0 Å². The van der Waals surface area contributed by atoms with Crippen LogP contribution in [0, 0.1) is 13.8 Å². The third-order valence-corrected chi connectivity index (χ3v) is 5.15. The summed E-state index contributed by atoms with van der Waals surface area (Å²) in [5.41, 5.74) is 1.30. The van der Waals surface area contributed by atoms with Gasteiger partial charge in [-0.2, -0.15) is 4.72 Å². The topological polar surface area (TPSA) is 63.2 Å². The largest absolute Gasteiger partial charge is 0.301 e. The molecule has 0 aromatic heterocycles. The average Bonchev–Trinajstić information content (AvgIpc) is 2.47. The molecular weight excluding hydrogens is 298 g/mol. The zero-order chi connectivity index (χ0) is 16.4. The van der Waals surface area contributed by atoms with E-state index < -0.39 is 15.6 Å². The van der Waals surface area contributed by atoms with Crippen LogP contribution in [0.25, 0.3) is 0 Å². The molecule has 1 atom stereocenters. The maximum absolute atomic E-state index is 12.5. The van der Waals surface area contributed by atoms with Crippen molar-refractivity contribution in [1.29, 1.82) is 0 Å². The molecule has 0 saturated carbocycles. The summed E-state index contributed by atoms with van der Waals surface area (Å²) in [7, 11) is -3.79. The molecule has 0 fully saturated rings. The van der Waals surface area contributed by atoms with Crippen molar-refractivity contribution in [2.75, 3.05) is 0 Å². The van der Waals surface area contributed by atoms with Gasteiger partial charge in [-0.05, 0) is 38.5 Å². The van der Waals surface area contributed by atoms with Crippen LogP contribution in [0.1, 0.15) is 23.6 Å². The zero-order valence-electron chi connectivity index (χ0n) is 12.8. The monoisotopic (exact) mass is 317 g/mol. The number of carbonyl (C=O) groups excluding carboxylic acids is 1. The summed E-state index contributed by atoms with van der Waals surface area (Å²) < 4.78 is 27.5. The minimum atomic E-state index is -3.79. The van der Waals surface area contributed by atoms with E-state index in [0.29, 0.717) is 11.8 Å². The standard InChI is InChI=1S/C17H19NO3S/c1-13-4-8-15(9-5-13)17(3,12-19)18-22(20,21)16-10-6-14(2)7-11-16/h4-12,18H,1-3H3. The number of nitrogens with one attached hydrogen (secondary N) is 1. The van der Waals surface area contributed by atoms with Crippen LogP contribution in [0.3, 0.4) is 0 Å². The lowest BCUT2D eigenvalue weighted by atomic mass is 9.94. The van der Waals surface area contributed by atoms with E-state index in [2.05, 4.69) is 4.72 Å². The van der Waals surface area contributed by atoms with E-state index in [0.717, 1.165) is 11.1 Å². The fraction of sp³-hybridized carbons (Fsp3) is 0.235. The fourth-order valence-corrected chi connectivity index (χ4v) is 3.44. The van der Waals surface area contributed by atoms with E-state index >= 15 is 0 Å². The summed E-state index contributed by atoms with van der Waals surface area (Å²) >= 11 is 0. The minimum absolute atomic E-state index is 0.137. The molecule has 0 aliphatic rings. The molecule has 5 heteroatoms. The van der Waals surface area contributed by atoms with E-state index in [1.54, 1.807) is 31.2 Å². The maximum Gasteiger partial charge on any atom is 0.241 e. The summed E-state index contributed by atoms with van der Waals surface area (Å²) in [5, 5.41) is 0. The van der Waals surface area contributed by atoms with Gasteiger partial charge in [-0.1, -0.05) is 47.5 Å². The van der Waals surface area contributed by atoms with E-state index in [1.807, 2.05) is 26.0 Å². The van der Waals surface area contributed by atoms with E-state index in [9.17, 15) is 13.2 Å². The van der Waals surface area contributed by atoms with Crippen molar-refractivity contribution in [3.63, 3.8) is 0 Å². The van der Waals surface area contributed by atoms with Gasteiger partial charge in [0.25, 0.3) is 0 Å². The Balaban J connectivity index is 2.38. The quantitative estimate of drug-likeness (QED) is 0.862. The molecule has 0 aliphatic heterocycles. The molecule has 0 aliphatic carbocycles. The first-order valence-electron chi connectivity index (χ1n) is 6.91. The number of aldehydes is 1. The van der Waals surface area contributed by atoms with Gasteiger partial charge < -0.3 is 4.79 Å². The van der Waals surface area contributed by atoms with E-state index in [-0.39, 0.29) is 4.90 Å². The van der Waals surface area contributed by atoms with Gasteiger partial charge in [-0.25, -0.2) is 8.42 Å². The first kappa shape index (κ1) is 16.4.